The Labute approximate surface area is 146 Å². The minimum Gasteiger partial charge on any atom is -0.339 e. The van der Waals surface area contributed by atoms with Crippen molar-refractivity contribution in [2.24, 2.45) is 0 Å². The molecule has 1 rings (SSSR count). The molecule has 1 unspecified atom stereocenters. The van der Waals surface area contributed by atoms with Gasteiger partial charge >= 0.3 is 0 Å². The predicted octanol–water partition coefficient (Wildman–Crippen LogP) is 0.864. The van der Waals surface area contributed by atoms with E-state index in [1.165, 1.54) is 4.31 Å². The van der Waals surface area contributed by atoms with Gasteiger partial charge in [0.15, 0.2) is 9.84 Å². The lowest BCUT2D eigenvalue weighted by Gasteiger charge is -2.28. The molecule has 1 aliphatic heterocycles. The highest BCUT2D eigenvalue weighted by Gasteiger charge is 2.34. The molecular weight excluding hydrogens is 352 g/mol. The number of hydrogen-bond acceptors (Lipinski definition) is 5. The molecule has 1 fully saturated rings. The summed E-state index contributed by atoms with van der Waals surface area (Å²) < 4.78 is 48.2. The monoisotopic (exact) mass is 382 g/mol. The van der Waals surface area contributed by atoms with Crippen LogP contribution in [0.25, 0.3) is 0 Å². The summed E-state index contributed by atoms with van der Waals surface area (Å²) in [7, 11) is -6.40. The summed E-state index contributed by atoms with van der Waals surface area (Å²) in [6.07, 6.45) is 4.43. The maximum Gasteiger partial charge on any atom is 0.224 e. The van der Waals surface area contributed by atoms with E-state index in [0.29, 0.717) is 19.5 Å². The number of carbonyl (C=O) groups excluding carboxylic acids is 1. The molecule has 24 heavy (non-hydrogen) atoms. The summed E-state index contributed by atoms with van der Waals surface area (Å²) >= 11 is 0. The molecule has 0 aliphatic carbocycles. The molecule has 1 amide bonds. The molecule has 7 nitrogen and oxygen atoms in total. The van der Waals surface area contributed by atoms with Crippen molar-refractivity contribution in [3.8, 4) is 0 Å². The Hall–Kier alpha value is -0.670. The minimum absolute atomic E-state index is 0.0128. The van der Waals surface area contributed by atoms with E-state index in [4.69, 9.17) is 0 Å². The first kappa shape index (κ1) is 21.4. The molecule has 1 heterocycles. The molecule has 1 aliphatic rings. The Morgan fingerprint density at radius 1 is 1.17 bits per heavy atom. The van der Waals surface area contributed by atoms with E-state index in [1.807, 2.05) is 13.8 Å². The number of amides is 1. The summed E-state index contributed by atoms with van der Waals surface area (Å²) in [5.74, 6) is -0.0453. The van der Waals surface area contributed by atoms with Gasteiger partial charge in [-0.1, -0.05) is 19.8 Å². The van der Waals surface area contributed by atoms with Gasteiger partial charge in [0.2, 0.25) is 15.9 Å². The maximum absolute atomic E-state index is 12.4. The number of sulfone groups is 1. The molecule has 142 valence electrons. The molecular formula is C15H30N2O5S2. The largest absolute Gasteiger partial charge is 0.339 e. The highest BCUT2D eigenvalue weighted by atomic mass is 32.2. The molecule has 0 aromatic carbocycles. The lowest BCUT2D eigenvalue weighted by atomic mass is 10.2. The van der Waals surface area contributed by atoms with Gasteiger partial charge in [0, 0.05) is 32.1 Å². The van der Waals surface area contributed by atoms with Crippen molar-refractivity contribution in [2.45, 2.75) is 52.0 Å². The molecule has 0 aromatic rings. The van der Waals surface area contributed by atoms with E-state index in [1.54, 1.807) is 4.90 Å². The minimum atomic E-state index is -3.34. The Morgan fingerprint density at radius 3 is 2.29 bits per heavy atom. The van der Waals surface area contributed by atoms with Gasteiger partial charge in [0.1, 0.15) is 0 Å². The summed E-state index contributed by atoms with van der Waals surface area (Å²) in [6.45, 7) is 4.87. The summed E-state index contributed by atoms with van der Waals surface area (Å²) in [5.41, 5.74) is 0. The average Bonchev–Trinajstić information content (AvgIpc) is 2.82. The van der Waals surface area contributed by atoms with Crippen molar-refractivity contribution < 1.29 is 21.6 Å². The van der Waals surface area contributed by atoms with Crippen LogP contribution in [0.4, 0.5) is 0 Å². The molecule has 0 saturated carbocycles. The molecule has 0 aromatic heterocycles. The standard InChI is InChI=1S/C15H30N2O5S2/c1-4-6-7-10-16(23(3,19)20)11-8-15(18)17(5-2)14-9-12-24(21,22)13-14/h14H,4-13H2,1-3H3. The maximum atomic E-state index is 12.4. The van der Waals surface area contributed by atoms with E-state index in [2.05, 4.69) is 0 Å². The molecule has 0 radical (unpaired) electrons. The zero-order chi connectivity index (χ0) is 18.4. The van der Waals surface area contributed by atoms with Crippen LogP contribution >= 0.6 is 0 Å². The zero-order valence-electron chi connectivity index (χ0n) is 14.9. The van der Waals surface area contributed by atoms with E-state index in [0.717, 1.165) is 25.5 Å². The quantitative estimate of drug-likeness (QED) is 0.523. The zero-order valence-corrected chi connectivity index (χ0v) is 16.5. The average molecular weight is 383 g/mol. The first-order valence-electron chi connectivity index (χ1n) is 8.55. The molecule has 0 spiro atoms. The van der Waals surface area contributed by atoms with Crippen molar-refractivity contribution >= 4 is 25.8 Å². The smallest absolute Gasteiger partial charge is 0.224 e. The second kappa shape index (κ2) is 9.15. The molecule has 9 heteroatoms. The highest BCUT2D eigenvalue weighted by molar-refractivity contribution is 7.91. The van der Waals surface area contributed by atoms with Crippen LogP contribution in [-0.4, -0.2) is 75.4 Å². The number of unbranched alkanes of at least 4 members (excludes halogenated alkanes) is 2. The fourth-order valence-electron chi connectivity index (χ4n) is 3.00. The van der Waals surface area contributed by atoms with Crippen LogP contribution in [0.1, 0.15) is 46.0 Å². The summed E-state index contributed by atoms with van der Waals surface area (Å²) in [5, 5.41) is 0. The number of rotatable bonds is 10. The molecule has 0 N–H and O–H groups in total. The van der Waals surface area contributed by atoms with E-state index in [9.17, 15) is 21.6 Å². The van der Waals surface area contributed by atoms with Crippen molar-refractivity contribution in [3.63, 3.8) is 0 Å². The summed E-state index contributed by atoms with van der Waals surface area (Å²) in [4.78, 5) is 14.0. The third-order valence-corrected chi connectivity index (χ3v) is 7.42. The van der Waals surface area contributed by atoms with Crippen molar-refractivity contribution in [3.05, 3.63) is 0 Å². The topological polar surface area (TPSA) is 91.8 Å². The summed E-state index contributed by atoms with van der Waals surface area (Å²) in [6, 6.07) is -0.278. The van der Waals surface area contributed by atoms with Crippen LogP contribution in [0.2, 0.25) is 0 Å². The Morgan fingerprint density at radius 2 is 1.83 bits per heavy atom. The fourth-order valence-corrected chi connectivity index (χ4v) is 5.62. The van der Waals surface area contributed by atoms with Crippen LogP contribution < -0.4 is 0 Å². The van der Waals surface area contributed by atoms with Gasteiger partial charge in [-0.3, -0.25) is 4.79 Å². The van der Waals surface area contributed by atoms with Gasteiger partial charge in [0.05, 0.1) is 17.8 Å². The number of sulfonamides is 1. The molecule has 0 bridgehead atoms. The van der Waals surface area contributed by atoms with E-state index >= 15 is 0 Å². The second-order valence-electron chi connectivity index (χ2n) is 6.36. The Bertz CT molecular complexity index is 616. The highest BCUT2D eigenvalue weighted by Crippen LogP contribution is 2.18. The lowest BCUT2D eigenvalue weighted by molar-refractivity contribution is -0.132. The SMILES string of the molecule is CCCCCN(CCC(=O)N(CC)C1CCS(=O)(=O)C1)S(C)(=O)=O. The van der Waals surface area contributed by atoms with E-state index in [-0.39, 0.29) is 36.4 Å². The van der Waals surface area contributed by atoms with Gasteiger partial charge in [-0.05, 0) is 19.8 Å². The molecule has 1 atom stereocenters. The van der Waals surface area contributed by atoms with E-state index < -0.39 is 19.9 Å². The Balaban J connectivity index is 2.63. The predicted molar refractivity (Wildman–Crippen MR) is 95.0 cm³/mol. The number of carbonyl (C=O) groups is 1. The van der Waals surface area contributed by atoms with Crippen LogP contribution in [-0.2, 0) is 24.7 Å². The van der Waals surface area contributed by atoms with Gasteiger partial charge in [0.25, 0.3) is 0 Å². The van der Waals surface area contributed by atoms with Crippen LogP contribution in [0.3, 0.4) is 0 Å². The first-order valence-corrected chi connectivity index (χ1v) is 12.2. The lowest BCUT2D eigenvalue weighted by Crippen LogP contribution is -2.43. The first-order chi connectivity index (χ1) is 11.1. The van der Waals surface area contributed by atoms with Gasteiger partial charge in [-0.2, -0.15) is 0 Å². The third kappa shape index (κ3) is 6.68. The second-order valence-corrected chi connectivity index (χ2v) is 10.6. The normalized spacial score (nSPS) is 20.4. The van der Waals surface area contributed by atoms with Crippen LogP contribution in [0.15, 0.2) is 0 Å². The van der Waals surface area contributed by atoms with Crippen molar-refractivity contribution in [2.75, 3.05) is 37.4 Å². The number of nitrogens with zero attached hydrogens (tertiary/aromatic N) is 2. The van der Waals surface area contributed by atoms with Crippen LogP contribution in [0, 0.1) is 0 Å². The Kier molecular flexibility index (Phi) is 8.14. The van der Waals surface area contributed by atoms with Gasteiger partial charge in [-0.25, -0.2) is 21.1 Å². The van der Waals surface area contributed by atoms with Gasteiger partial charge < -0.3 is 4.90 Å². The van der Waals surface area contributed by atoms with Crippen molar-refractivity contribution in [1.82, 2.24) is 9.21 Å². The van der Waals surface area contributed by atoms with Crippen molar-refractivity contribution in [1.29, 1.82) is 0 Å². The van der Waals surface area contributed by atoms with Gasteiger partial charge in [-0.15, -0.1) is 0 Å². The third-order valence-electron chi connectivity index (χ3n) is 4.37. The van der Waals surface area contributed by atoms with Crippen LogP contribution in [0.5, 0.6) is 0 Å². The fraction of sp³-hybridized carbons (Fsp3) is 0.933. The number of hydrogen-bond donors (Lipinski definition) is 0. The molecule has 1 saturated heterocycles.